The van der Waals surface area contributed by atoms with Crippen LogP contribution in [0.15, 0.2) is 41.8 Å². The van der Waals surface area contributed by atoms with Crippen LogP contribution in [0.25, 0.3) is 0 Å². The molecule has 0 aliphatic heterocycles. The van der Waals surface area contributed by atoms with E-state index in [1.165, 1.54) is 4.90 Å². The van der Waals surface area contributed by atoms with Gasteiger partial charge in [-0.1, -0.05) is 12.1 Å². The van der Waals surface area contributed by atoms with Crippen molar-refractivity contribution in [1.29, 1.82) is 0 Å². The van der Waals surface area contributed by atoms with Crippen molar-refractivity contribution in [3.05, 3.63) is 42.5 Å². The monoisotopic (exact) mass is 247 g/mol. The van der Waals surface area contributed by atoms with Gasteiger partial charge in [0.15, 0.2) is 0 Å². The van der Waals surface area contributed by atoms with Gasteiger partial charge < -0.3 is 10.3 Å². The van der Waals surface area contributed by atoms with Crippen LogP contribution in [0.3, 0.4) is 0 Å². The Bertz CT molecular complexity index is 466. The van der Waals surface area contributed by atoms with Crippen LogP contribution in [0.1, 0.15) is 12.0 Å². The summed E-state index contributed by atoms with van der Waals surface area (Å²) in [6.07, 6.45) is 6.78. The number of nitrogens with zero attached hydrogens (tertiary/aromatic N) is 2. The van der Waals surface area contributed by atoms with Crippen LogP contribution >= 0.6 is 11.8 Å². The molecule has 0 saturated heterocycles. The molecule has 0 atom stereocenters. The summed E-state index contributed by atoms with van der Waals surface area (Å²) in [6, 6.07) is 6.19. The van der Waals surface area contributed by atoms with Crippen molar-refractivity contribution in [1.82, 2.24) is 9.55 Å². The molecule has 1 aromatic carbocycles. The second kappa shape index (κ2) is 5.77. The number of hydrogen-bond donors (Lipinski definition) is 1. The lowest BCUT2D eigenvalue weighted by molar-refractivity contribution is 0.683. The van der Waals surface area contributed by atoms with E-state index in [1.807, 2.05) is 43.5 Å². The summed E-state index contributed by atoms with van der Waals surface area (Å²) in [6.45, 7) is 3.06. The number of nitrogen functional groups attached to an aromatic ring is 1. The molecule has 0 fully saturated rings. The molecule has 2 N–H and O–H groups in total. The minimum atomic E-state index is 0.917. The maximum Gasteiger partial charge on any atom is 0.0945 e. The number of imidazole rings is 1. The Hall–Kier alpha value is -1.42. The molecule has 90 valence electrons. The fourth-order valence-electron chi connectivity index (χ4n) is 1.63. The molecule has 3 nitrogen and oxygen atoms in total. The van der Waals surface area contributed by atoms with E-state index in [2.05, 4.69) is 21.7 Å². The fraction of sp³-hybridized carbons (Fsp3) is 0.308. The van der Waals surface area contributed by atoms with E-state index in [9.17, 15) is 0 Å². The van der Waals surface area contributed by atoms with Gasteiger partial charge >= 0.3 is 0 Å². The van der Waals surface area contributed by atoms with Crippen LogP contribution in [0.5, 0.6) is 0 Å². The van der Waals surface area contributed by atoms with Crippen molar-refractivity contribution in [2.45, 2.75) is 24.8 Å². The van der Waals surface area contributed by atoms with Crippen molar-refractivity contribution in [3.63, 3.8) is 0 Å². The minimum absolute atomic E-state index is 0.917. The molecule has 0 amide bonds. The van der Waals surface area contributed by atoms with Gasteiger partial charge in [0, 0.05) is 29.5 Å². The first kappa shape index (κ1) is 12.0. The fourth-order valence-corrected chi connectivity index (χ4v) is 2.61. The smallest absolute Gasteiger partial charge is 0.0945 e. The molecule has 1 aromatic heterocycles. The third kappa shape index (κ3) is 3.27. The molecule has 0 spiro atoms. The van der Waals surface area contributed by atoms with Crippen molar-refractivity contribution in [2.24, 2.45) is 0 Å². The molecular weight excluding hydrogens is 230 g/mol. The summed E-state index contributed by atoms with van der Waals surface area (Å²) < 4.78 is 2.10. The van der Waals surface area contributed by atoms with Gasteiger partial charge in [0.25, 0.3) is 0 Å². The number of thioether (sulfide) groups is 1. The summed E-state index contributed by atoms with van der Waals surface area (Å²) in [5.74, 6) is 1.08. The van der Waals surface area contributed by atoms with Gasteiger partial charge in [0.1, 0.15) is 0 Å². The molecule has 0 unspecified atom stereocenters. The third-order valence-electron chi connectivity index (χ3n) is 2.66. The molecule has 1 heterocycles. The van der Waals surface area contributed by atoms with Gasteiger partial charge in [-0.3, -0.25) is 0 Å². The molecule has 0 radical (unpaired) electrons. The first-order valence-electron chi connectivity index (χ1n) is 5.71. The Kier molecular flexibility index (Phi) is 4.09. The predicted molar refractivity (Wildman–Crippen MR) is 73.2 cm³/mol. The number of aryl methyl sites for hydroxylation is 2. The molecule has 0 bridgehead atoms. The summed E-state index contributed by atoms with van der Waals surface area (Å²) in [5.41, 5.74) is 8.10. The van der Waals surface area contributed by atoms with Crippen molar-refractivity contribution < 1.29 is 0 Å². The number of rotatable bonds is 5. The summed E-state index contributed by atoms with van der Waals surface area (Å²) in [4.78, 5) is 5.21. The molecular formula is C13H17N3S. The maximum absolute atomic E-state index is 6.02. The maximum atomic E-state index is 6.02. The number of anilines is 1. The van der Waals surface area contributed by atoms with Crippen LogP contribution in [0.2, 0.25) is 0 Å². The van der Waals surface area contributed by atoms with Gasteiger partial charge in [-0.25, -0.2) is 4.98 Å². The van der Waals surface area contributed by atoms with Crippen LogP contribution in [0.4, 0.5) is 5.69 Å². The Balaban J connectivity index is 1.80. The highest BCUT2D eigenvalue weighted by Crippen LogP contribution is 2.27. The zero-order valence-corrected chi connectivity index (χ0v) is 10.8. The first-order valence-corrected chi connectivity index (χ1v) is 6.69. The Morgan fingerprint density at radius 2 is 2.29 bits per heavy atom. The third-order valence-corrected chi connectivity index (χ3v) is 3.82. The SMILES string of the molecule is Cc1cccc(SCCCn2ccnc2)c1N. The van der Waals surface area contributed by atoms with Crippen molar-refractivity contribution in [3.8, 4) is 0 Å². The van der Waals surface area contributed by atoms with Crippen LogP contribution in [-0.2, 0) is 6.54 Å². The molecule has 0 aliphatic carbocycles. The van der Waals surface area contributed by atoms with E-state index >= 15 is 0 Å². The highest BCUT2D eigenvalue weighted by molar-refractivity contribution is 7.99. The number of nitrogens with two attached hydrogens (primary N) is 1. The zero-order chi connectivity index (χ0) is 12.1. The number of hydrogen-bond acceptors (Lipinski definition) is 3. The van der Waals surface area contributed by atoms with E-state index in [0.717, 1.165) is 30.0 Å². The second-order valence-electron chi connectivity index (χ2n) is 3.99. The van der Waals surface area contributed by atoms with Crippen LogP contribution in [-0.4, -0.2) is 15.3 Å². The van der Waals surface area contributed by atoms with E-state index in [4.69, 9.17) is 5.73 Å². The lowest BCUT2D eigenvalue weighted by Crippen LogP contribution is -1.97. The highest BCUT2D eigenvalue weighted by Gasteiger charge is 2.01. The van der Waals surface area contributed by atoms with Crippen LogP contribution < -0.4 is 5.73 Å². The topological polar surface area (TPSA) is 43.8 Å². The average molecular weight is 247 g/mol. The highest BCUT2D eigenvalue weighted by atomic mass is 32.2. The van der Waals surface area contributed by atoms with Gasteiger partial charge in [-0.05, 0) is 30.7 Å². The van der Waals surface area contributed by atoms with E-state index < -0.39 is 0 Å². The first-order chi connectivity index (χ1) is 8.27. The van der Waals surface area contributed by atoms with Crippen LogP contribution in [0, 0.1) is 6.92 Å². The zero-order valence-electron chi connectivity index (χ0n) is 9.97. The normalized spacial score (nSPS) is 10.6. The lowest BCUT2D eigenvalue weighted by atomic mass is 10.2. The molecule has 17 heavy (non-hydrogen) atoms. The summed E-state index contributed by atoms with van der Waals surface area (Å²) in [5, 5.41) is 0. The van der Waals surface area contributed by atoms with E-state index in [1.54, 1.807) is 0 Å². The summed E-state index contributed by atoms with van der Waals surface area (Å²) >= 11 is 1.82. The van der Waals surface area contributed by atoms with E-state index in [-0.39, 0.29) is 0 Å². The van der Waals surface area contributed by atoms with E-state index in [0.29, 0.717) is 0 Å². The number of aromatic nitrogens is 2. The quantitative estimate of drug-likeness (QED) is 0.502. The van der Waals surface area contributed by atoms with Crippen molar-refractivity contribution in [2.75, 3.05) is 11.5 Å². The Labute approximate surface area is 106 Å². The molecule has 0 aliphatic rings. The van der Waals surface area contributed by atoms with Gasteiger partial charge in [0.2, 0.25) is 0 Å². The lowest BCUT2D eigenvalue weighted by Gasteiger charge is -2.07. The Morgan fingerprint density at radius 3 is 3.06 bits per heavy atom. The standard InChI is InChI=1S/C13H17N3S/c1-11-4-2-5-12(13(11)14)17-9-3-7-16-8-6-15-10-16/h2,4-6,8,10H,3,7,9,14H2,1H3. The Morgan fingerprint density at radius 1 is 1.41 bits per heavy atom. The van der Waals surface area contributed by atoms with Gasteiger partial charge in [-0.15, -0.1) is 11.8 Å². The largest absolute Gasteiger partial charge is 0.398 e. The molecule has 2 aromatic rings. The predicted octanol–water partition coefficient (Wildman–Crippen LogP) is 2.96. The molecule has 2 rings (SSSR count). The average Bonchev–Trinajstić information content (AvgIpc) is 2.83. The van der Waals surface area contributed by atoms with Gasteiger partial charge in [0.05, 0.1) is 6.33 Å². The summed E-state index contributed by atoms with van der Waals surface area (Å²) in [7, 11) is 0. The van der Waals surface area contributed by atoms with Crippen molar-refractivity contribution >= 4 is 17.4 Å². The number of benzene rings is 1. The second-order valence-corrected chi connectivity index (χ2v) is 5.13. The number of para-hydroxylation sites is 1. The minimum Gasteiger partial charge on any atom is -0.398 e. The molecule has 0 saturated carbocycles. The molecule has 4 heteroatoms. The van der Waals surface area contributed by atoms with Gasteiger partial charge in [-0.2, -0.15) is 0 Å².